The second-order valence-electron chi connectivity index (χ2n) is 9.47. The molecule has 0 aliphatic carbocycles. The molecule has 5 rings (SSSR count). The van der Waals surface area contributed by atoms with Crippen LogP contribution in [0.25, 0.3) is 22.5 Å². The summed E-state index contributed by atoms with van der Waals surface area (Å²) in [6.07, 6.45) is -0.217. The Morgan fingerprint density at radius 1 is 0.846 bits per heavy atom. The number of hydrogen-bond donors (Lipinski definition) is 1. The number of aromatic nitrogens is 6. The molecule has 0 amide bonds. The Kier molecular flexibility index (Phi) is 8.05. The van der Waals surface area contributed by atoms with E-state index in [2.05, 4.69) is 20.6 Å². The molecule has 39 heavy (non-hydrogen) atoms. The van der Waals surface area contributed by atoms with E-state index in [1.54, 1.807) is 0 Å². The van der Waals surface area contributed by atoms with Gasteiger partial charge in [-0.05, 0) is 46.7 Å². The van der Waals surface area contributed by atoms with Crippen LogP contribution in [0, 0.1) is 0 Å². The lowest BCUT2D eigenvalue weighted by atomic mass is 9.98. The zero-order chi connectivity index (χ0) is 27.2. The van der Waals surface area contributed by atoms with E-state index < -0.39 is 6.43 Å². The summed E-state index contributed by atoms with van der Waals surface area (Å²) in [4.78, 5) is 13.5. The average molecular weight is 529 g/mol. The van der Waals surface area contributed by atoms with Gasteiger partial charge in [0.2, 0.25) is 5.82 Å². The number of imidazole rings is 1. The standard InChI is InChI=1S/C30H30F2N6O/c1-2-3-13-26-27(28(31)32)37(19-18-21-9-5-4-6-10-21)30(39)38(26)20-22-14-16-23(17-15-22)24-11-7-8-12-25(24)29-33-35-36-34-29/h4-12,14-17,28H,2-3,13,18-20H2,1H3,(H,33,34,35,36). The summed E-state index contributed by atoms with van der Waals surface area (Å²) in [5.41, 5.74) is 4.48. The molecule has 0 aliphatic rings. The van der Waals surface area contributed by atoms with E-state index in [0.717, 1.165) is 40.7 Å². The summed E-state index contributed by atoms with van der Waals surface area (Å²) in [5.74, 6) is 0.498. The number of hydrogen-bond acceptors (Lipinski definition) is 4. The minimum absolute atomic E-state index is 0.157. The maximum absolute atomic E-state index is 14.4. The number of alkyl halides is 2. The molecule has 9 heteroatoms. The van der Waals surface area contributed by atoms with Gasteiger partial charge < -0.3 is 0 Å². The van der Waals surface area contributed by atoms with E-state index in [0.29, 0.717) is 24.4 Å². The third-order valence-corrected chi connectivity index (χ3v) is 6.93. The van der Waals surface area contributed by atoms with Crippen LogP contribution in [0.2, 0.25) is 0 Å². The minimum atomic E-state index is -2.73. The fourth-order valence-corrected chi connectivity index (χ4v) is 4.95. The van der Waals surface area contributed by atoms with Crippen LogP contribution in [-0.4, -0.2) is 29.8 Å². The Balaban J connectivity index is 1.47. The Morgan fingerprint density at radius 2 is 1.56 bits per heavy atom. The van der Waals surface area contributed by atoms with Crippen molar-refractivity contribution in [2.24, 2.45) is 0 Å². The summed E-state index contributed by atoms with van der Waals surface area (Å²) < 4.78 is 31.6. The third kappa shape index (κ3) is 5.72. The average Bonchev–Trinajstić information content (AvgIpc) is 3.59. The second kappa shape index (κ2) is 12.0. The lowest BCUT2D eigenvalue weighted by Crippen LogP contribution is -2.27. The molecule has 0 fully saturated rings. The minimum Gasteiger partial charge on any atom is -0.291 e. The molecule has 0 atom stereocenters. The Hall–Kier alpha value is -4.40. The highest BCUT2D eigenvalue weighted by Crippen LogP contribution is 2.30. The van der Waals surface area contributed by atoms with E-state index in [-0.39, 0.29) is 24.5 Å². The molecule has 0 aliphatic heterocycles. The van der Waals surface area contributed by atoms with E-state index in [1.165, 1.54) is 9.13 Å². The lowest BCUT2D eigenvalue weighted by Gasteiger charge is -2.11. The highest BCUT2D eigenvalue weighted by atomic mass is 19.3. The quantitative estimate of drug-likeness (QED) is 0.226. The van der Waals surface area contributed by atoms with Gasteiger partial charge in [-0.25, -0.2) is 13.6 Å². The van der Waals surface area contributed by atoms with Gasteiger partial charge in [0.25, 0.3) is 6.43 Å². The van der Waals surface area contributed by atoms with Crippen LogP contribution in [0.1, 0.15) is 48.7 Å². The third-order valence-electron chi connectivity index (χ3n) is 6.93. The number of aryl methyl sites for hydroxylation is 1. The van der Waals surface area contributed by atoms with E-state index in [4.69, 9.17) is 0 Å². The summed E-state index contributed by atoms with van der Waals surface area (Å²) in [6.45, 7) is 2.45. The topological polar surface area (TPSA) is 81.4 Å². The zero-order valence-electron chi connectivity index (χ0n) is 21.7. The van der Waals surface area contributed by atoms with Crippen LogP contribution in [-0.2, 0) is 25.9 Å². The Morgan fingerprint density at radius 3 is 2.23 bits per heavy atom. The normalized spacial score (nSPS) is 11.4. The number of H-pyrrole nitrogens is 1. The van der Waals surface area contributed by atoms with Gasteiger partial charge in [0.1, 0.15) is 5.69 Å². The number of nitrogens with zero attached hydrogens (tertiary/aromatic N) is 5. The summed E-state index contributed by atoms with van der Waals surface area (Å²) in [5, 5.41) is 14.3. The number of halogens is 2. The van der Waals surface area contributed by atoms with Crippen molar-refractivity contribution in [2.45, 2.75) is 52.1 Å². The first-order valence-corrected chi connectivity index (χ1v) is 13.1. The molecule has 0 unspecified atom stereocenters. The number of tetrazole rings is 1. The number of nitrogens with one attached hydrogen (secondary N) is 1. The lowest BCUT2D eigenvalue weighted by molar-refractivity contribution is 0.139. The number of unbranched alkanes of at least 4 members (excludes halogenated alkanes) is 1. The largest absolute Gasteiger partial charge is 0.329 e. The summed E-state index contributed by atoms with van der Waals surface area (Å²) in [6, 6.07) is 25.2. The van der Waals surface area contributed by atoms with Crippen molar-refractivity contribution in [1.82, 2.24) is 29.8 Å². The molecule has 0 bridgehead atoms. The van der Waals surface area contributed by atoms with Crippen molar-refractivity contribution < 1.29 is 8.78 Å². The molecular formula is C30H30F2N6O. The molecule has 200 valence electrons. The molecule has 0 saturated carbocycles. The van der Waals surface area contributed by atoms with Crippen molar-refractivity contribution in [3.63, 3.8) is 0 Å². The molecule has 5 aromatic rings. The number of rotatable bonds is 11. The molecular weight excluding hydrogens is 498 g/mol. The van der Waals surface area contributed by atoms with Crippen molar-refractivity contribution in [1.29, 1.82) is 0 Å². The van der Waals surface area contributed by atoms with Crippen molar-refractivity contribution in [2.75, 3.05) is 0 Å². The van der Waals surface area contributed by atoms with Gasteiger partial charge in [-0.15, -0.1) is 10.2 Å². The highest BCUT2D eigenvalue weighted by molar-refractivity contribution is 5.80. The smallest absolute Gasteiger partial charge is 0.291 e. The molecule has 0 saturated heterocycles. The predicted octanol–water partition coefficient (Wildman–Crippen LogP) is 6.07. The van der Waals surface area contributed by atoms with Gasteiger partial charge >= 0.3 is 5.69 Å². The molecule has 3 aromatic carbocycles. The van der Waals surface area contributed by atoms with Crippen LogP contribution in [0.4, 0.5) is 8.78 Å². The van der Waals surface area contributed by atoms with Crippen LogP contribution >= 0.6 is 0 Å². The van der Waals surface area contributed by atoms with Gasteiger partial charge in [0.05, 0.1) is 6.54 Å². The first-order chi connectivity index (χ1) is 19.1. The fourth-order valence-electron chi connectivity index (χ4n) is 4.95. The first kappa shape index (κ1) is 26.2. The van der Waals surface area contributed by atoms with Crippen LogP contribution in [0.3, 0.4) is 0 Å². The molecule has 2 heterocycles. The van der Waals surface area contributed by atoms with Gasteiger partial charge in [0, 0.05) is 17.8 Å². The van der Waals surface area contributed by atoms with Gasteiger partial charge in [-0.1, -0.05) is 92.2 Å². The SMILES string of the molecule is CCCCc1c(C(F)F)n(CCc2ccccc2)c(=O)n1Cc1ccc(-c2ccccc2-c2nn[nH]n2)cc1. The van der Waals surface area contributed by atoms with Crippen molar-refractivity contribution in [3.8, 4) is 22.5 Å². The molecule has 7 nitrogen and oxygen atoms in total. The van der Waals surface area contributed by atoms with Crippen LogP contribution in [0.15, 0.2) is 83.7 Å². The molecule has 2 aromatic heterocycles. The van der Waals surface area contributed by atoms with Gasteiger partial charge in [-0.2, -0.15) is 5.21 Å². The van der Waals surface area contributed by atoms with E-state index in [9.17, 15) is 13.6 Å². The Bertz CT molecular complexity index is 1560. The first-order valence-electron chi connectivity index (χ1n) is 13.1. The number of benzene rings is 3. The van der Waals surface area contributed by atoms with Crippen LogP contribution < -0.4 is 5.69 Å². The van der Waals surface area contributed by atoms with Crippen LogP contribution in [0.5, 0.6) is 0 Å². The van der Waals surface area contributed by atoms with Crippen molar-refractivity contribution in [3.05, 3.63) is 112 Å². The summed E-state index contributed by atoms with van der Waals surface area (Å²) >= 11 is 0. The maximum atomic E-state index is 14.4. The predicted molar refractivity (Wildman–Crippen MR) is 147 cm³/mol. The van der Waals surface area contributed by atoms with Crippen molar-refractivity contribution >= 4 is 0 Å². The zero-order valence-corrected chi connectivity index (χ0v) is 21.7. The fraction of sp³-hybridized carbons (Fsp3) is 0.267. The van der Waals surface area contributed by atoms with Gasteiger partial charge in [-0.3, -0.25) is 9.13 Å². The monoisotopic (exact) mass is 528 g/mol. The molecule has 0 spiro atoms. The summed E-state index contributed by atoms with van der Waals surface area (Å²) in [7, 11) is 0. The Labute approximate surface area is 225 Å². The maximum Gasteiger partial charge on any atom is 0.329 e. The highest BCUT2D eigenvalue weighted by Gasteiger charge is 2.26. The molecule has 1 N–H and O–H groups in total. The second-order valence-corrected chi connectivity index (χ2v) is 9.47. The van der Waals surface area contributed by atoms with Gasteiger partial charge in [0.15, 0.2) is 0 Å². The van der Waals surface area contributed by atoms with E-state index in [1.807, 2.05) is 85.8 Å². The molecule has 0 radical (unpaired) electrons. The van der Waals surface area contributed by atoms with E-state index >= 15 is 0 Å². The number of aromatic amines is 1.